The van der Waals surface area contributed by atoms with Crippen molar-refractivity contribution in [3.63, 3.8) is 0 Å². The molecule has 0 bridgehead atoms. The molecule has 0 aliphatic carbocycles. The zero-order valence-corrected chi connectivity index (χ0v) is 9.29. The van der Waals surface area contributed by atoms with Crippen LogP contribution in [0.15, 0.2) is 0 Å². The standard InChI is InChI=1S/C9H15NO4S/c1-5(11)7(9(13)14)10-8(12)6-2-3-15-4-6/h5-7,11H,2-4H2,1H3,(H,10,12)(H,13,14)/t5-,6?,7+/m1/s1. The number of rotatable bonds is 4. The van der Waals surface area contributed by atoms with Crippen LogP contribution < -0.4 is 5.32 Å². The number of aliphatic carboxylic acids is 1. The summed E-state index contributed by atoms with van der Waals surface area (Å²) in [5, 5.41) is 20.3. The molecule has 1 saturated heterocycles. The van der Waals surface area contributed by atoms with Crippen molar-refractivity contribution in [2.75, 3.05) is 11.5 Å². The van der Waals surface area contributed by atoms with Crippen LogP contribution in [0.25, 0.3) is 0 Å². The van der Waals surface area contributed by atoms with Crippen LogP contribution in [0.2, 0.25) is 0 Å². The summed E-state index contributed by atoms with van der Waals surface area (Å²) in [4.78, 5) is 22.3. The normalized spacial score (nSPS) is 24.5. The third-order valence-corrected chi connectivity index (χ3v) is 3.51. The molecule has 1 amide bonds. The van der Waals surface area contributed by atoms with E-state index in [1.54, 1.807) is 11.8 Å². The van der Waals surface area contributed by atoms with Crippen molar-refractivity contribution in [1.29, 1.82) is 0 Å². The van der Waals surface area contributed by atoms with Crippen LogP contribution in [0, 0.1) is 5.92 Å². The molecule has 0 radical (unpaired) electrons. The molecule has 6 heteroatoms. The zero-order valence-electron chi connectivity index (χ0n) is 8.47. The van der Waals surface area contributed by atoms with Gasteiger partial charge in [-0.15, -0.1) is 0 Å². The van der Waals surface area contributed by atoms with Crippen molar-refractivity contribution in [2.24, 2.45) is 5.92 Å². The lowest BCUT2D eigenvalue weighted by atomic mass is 10.1. The minimum absolute atomic E-state index is 0.115. The monoisotopic (exact) mass is 233 g/mol. The second-order valence-corrected chi connectivity index (χ2v) is 4.78. The van der Waals surface area contributed by atoms with E-state index in [1.165, 1.54) is 6.92 Å². The molecule has 1 unspecified atom stereocenters. The molecule has 1 aliphatic rings. The summed E-state index contributed by atoms with van der Waals surface area (Å²) in [5.74, 6) is 0.0792. The molecule has 0 aromatic rings. The number of hydrogen-bond donors (Lipinski definition) is 3. The summed E-state index contributed by atoms with van der Waals surface area (Å²) in [6, 6.07) is -1.21. The topological polar surface area (TPSA) is 86.6 Å². The van der Waals surface area contributed by atoms with E-state index in [4.69, 9.17) is 5.11 Å². The lowest BCUT2D eigenvalue weighted by Gasteiger charge is -2.19. The first-order valence-corrected chi connectivity index (χ1v) is 5.97. The quantitative estimate of drug-likeness (QED) is 0.620. The number of thioether (sulfide) groups is 1. The van der Waals surface area contributed by atoms with Gasteiger partial charge >= 0.3 is 5.97 Å². The van der Waals surface area contributed by atoms with Crippen molar-refractivity contribution in [3.05, 3.63) is 0 Å². The highest BCUT2D eigenvalue weighted by Gasteiger charge is 2.30. The molecule has 1 fully saturated rings. The molecule has 3 N–H and O–H groups in total. The van der Waals surface area contributed by atoms with Gasteiger partial charge in [0.25, 0.3) is 0 Å². The van der Waals surface area contributed by atoms with E-state index in [-0.39, 0.29) is 11.8 Å². The fraction of sp³-hybridized carbons (Fsp3) is 0.778. The molecule has 0 spiro atoms. The molecule has 86 valence electrons. The summed E-state index contributed by atoms with van der Waals surface area (Å²) in [5.41, 5.74) is 0. The van der Waals surface area contributed by atoms with Gasteiger partial charge in [0.15, 0.2) is 6.04 Å². The fourth-order valence-electron chi connectivity index (χ4n) is 1.40. The van der Waals surface area contributed by atoms with Gasteiger partial charge in [0, 0.05) is 11.7 Å². The van der Waals surface area contributed by atoms with E-state index in [1.807, 2.05) is 0 Å². The number of nitrogens with one attached hydrogen (secondary N) is 1. The third-order valence-electron chi connectivity index (χ3n) is 2.35. The van der Waals surface area contributed by atoms with E-state index in [0.717, 1.165) is 17.9 Å². The van der Waals surface area contributed by atoms with Crippen LogP contribution in [-0.4, -0.2) is 45.7 Å². The first-order chi connectivity index (χ1) is 7.02. The Labute approximate surface area is 92.2 Å². The summed E-state index contributed by atoms with van der Waals surface area (Å²) in [6.07, 6.45) is -0.302. The molecule has 3 atom stereocenters. The Hall–Kier alpha value is -0.750. The second-order valence-electron chi connectivity index (χ2n) is 3.63. The van der Waals surface area contributed by atoms with E-state index >= 15 is 0 Å². The summed E-state index contributed by atoms with van der Waals surface area (Å²) in [6.45, 7) is 1.35. The lowest BCUT2D eigenvalue weighted by Crippen LogP contribution is -2.49. The predicted molar refractivity (Wildman–Crippen MR) is 56.7 cm³/mol. The Morgan fingerprint density at radius 2 is 2.20 bits per heavy atom. The zero-order chi connectivity index (χ0) is 11.4. The summed E-state index contributed by atoms with van der Waals surface area (Å²) >= 11 is 1.68. The number of carbonyl (C=O) groups is 2. The van der Waals surface area contributed by atoms with Gasteiger partial charge in [0.05, 0.1) is 6.10 Å². The first kappa shape index (κ1) is 12.3. The number of carbonyl (C=O) groups excluding carboxylic acids is 1. The Kier molecular flexibility index (Phi) is 4.41. The van der Waals surface area contributed by atoms with E-state index in [2.05, 4.69) is 5.32 Å². The van der Waals surface area contributed by atoms with Gasteiger partial charge in [0.1, 0.15) is 0 Å². The van der Waals surface area contributed by atoms with Crippen LogP contribution in [-0.2, 0) is 9.59 Å². The Morgan fingerprint density at radius 1 is 1.53 bits per heavy atom. The largest absolute Gasteiger partial charge is 0.480 e. The van der Waals surface area contributed by atoms with E-state index in [0.29, 0.717) is 0 Å². The average Bonchev–Trinajstić information content (AvgIpc) is 2.65. The minimum atomic E-state index is -1.21. The van der Waals surface area contributed by atoms with Gasteiger partial charge in [-0.2, -0.15) is 11.8 Å². The maximum atomic E-state index is 11.6. The van der Waals surface area contributed by atoms with Crippen molar-refractivity contribution >= 4 is 23.6 Å². The van der Waals surface area contributed by atoms with Crippen LogP contribution in [0.5, 0.6) is 0 Å². The maximum Gasteiger partial charge on any atom is 0.328 e. The Balaban J connectivity index is 2.50. The molecule has 1 aliphatic heterocycles. The average molecular weight is 233 g/mol. The minimum Gasteiger partial charge on any atom is -0.480 e. The van der Waals surface area contributed by atoms with E-state index in [9.17, 15) is 14.7 Å². The molecule has 1 rings (SSSR count). The van der Waals surface area contributed by atoms with Crippen molar-refractivity contribution < 1.29 is 19.8 Å². The Bertz CT molecular complexity index is 250. The van der Waals surface area contributed by atoms with E-state index < -0.39 is 18.1 Å². The third kappa shape index (κ3) is 3.39. The molecular formula is C9H15NO4S. The highest BCUT2D eigenvalue weighted by Crippen LogP contribution is 2.23. The van der Waals surface area contributed by atoms with Crippen molar-refractivity contribution in [1.82, 2.24) is 5.32 Å². The fourth-order valence-corrected chi connectivity index (χ4v) is 2.62. The van der Waals surface area contributed by atoms with Gasteiger partial charge in [-0.05, 0) is 19.1 Å². The van der Waals surface area contributed by atoms with Crippen LogP contribution in [0.4, 0.5) is 0 Å². The molecule has 1 heterocycles. The second kappa shape index (κ2) is 5.37. The lowest BCUT2D eigenvalue weighted by molar-refractivity contribution is -0.145. The SMILES string of the molecule is C[C@@H](O)[C@H](NC(=O)C1CCSC1)C(=O)O. The molecular weight excluding hydrogens is 218 g/mol. The smallest absolute Gasteiger partial charge is 0.328 e. The molecule has 5 nitrogen and oxygen atoms in total. The summed E-state index contributed by atoms with van der Waals surface area (Å²) in [7, 11) is 0. The number of aliphatic hydroxyl groups excluding tert-OH is 1. The number of hydrogen-bond acceptors (Lipinski definition) is 4. The van der Waals surface area contributed by atoms with Crippen LogP contribution in [0.3, 0.4) is 0 Å². The van der Waals surface area contributed by atoms with Gasteiger partial charge in [-0.1, -0.05) is 0 Å². The van der Waals surface area contributed by atoms with Crippen molar-refractivity contribution in [3.8, 4) is 0 Å². The van der Waals surface area contributed by atoms with Crippen LogP contribution >= 0.6 is 11.8 Å². The van der Waals surface area contributed by atoms with Gasteiger partial charge in [-0.3, -0.25) is 4.79 Å². The number of amides is 1. The molecule has 15 heavy (non-hydrogen) atoms. The highest BCUT2D eigenvalue weighted by atomic mass is 32.2. The maximum absolute atomic E-state index is 11.6. The van der Waals surface area contributed by atoms with Crippen LogP contribution in [0.1, 0.15) is 13.3 Å². The Morgan fingerprint density at radius 3 is 2.60 bits per heavy atom. The number of aliphatic hydroxyl groups is 1. The summed E-state index contributed by atoms with van der Waals surface area (Å²) < 4.78 is 0. The molecule has 0 aromatic carbocycles. The highest BCUT2D eigenvalue weighted by molar-refractivity contribution is 7.99. The van der Waals surface area contributed by atoms with Crippen molar-refractivity contribution in [2.45, 2.75) is 25.5 Å². The predicted octanol–water partition coefficient (Wildman–Crippen LogP) is -0.310. The number of carboxylic acid groups (broad SMARTS) is 1. The number of carboxylic acids is 1. The first-order valence-electron chi connectivity index (χ1n) is 4.81. The van der Waals surface area contributed by atoms with Gasteiger partial charge in [-0.25, -0.2) is 4.79 Å². The van der Waals surface area contributed by atoms with Gasteiger partial charge in [0.2, 0.25) is 5.91 Å². The molecule has 0 aromatic heterocycles. The van der Waals surface area contributed by atoms with Gasteiger partial charge < -0.3 is 15.5 Å². The molecule has 0 saturated carbocycles.